The number of fused-ring (bicyclic) bond motifs is 2. The number of carboxylic acid groups (broad SMARTS) is 2. The molecule has 0 bridgehead atoms. The summed E-state index contributed by atoms with van der Waals surface area (Å²) in [6.45, 7) is 8.78. The first-order chi connectivity index (χ1) is 16.6. The van der Waals surface area contributed by atoms with Crippen LogP contribution in [0.5, 0.6) is 0 Å². The van der Waals surface area contributed by atoms with Gasteiger partial charge in [-0.15, -0.1) is 0 Å². The largest absolute Gasteiger partial charge is 0.481 e. The minimum Gasteiger partial charge on any atom is -0.481 e. The monoisotopic (exact) mass is 524 g/mol. The number of rotatable bonds is 3. The first-order valence-corrected chi connectivity index (χ1v) is 12.4. The molecule has 7 nitrogen and oxygen atoms in total. The Hall–Kier alpha value is -2.16. The average Bonchev–Trinajstić information content (AvgIpc) is 3.10. The SMILES string of the molecule is C[C@H]1CNCCc2ccc(Cl)cc21.C[C@H]1CNCCc2ccc(Cl)cc21.O=C(O)CC(O)C(=O)O. The maximum absolute atomic E-state index is 9.72. The van der Waals surface area contributed by atoms with Gasteiger partial charge >= 0.3 is 11.9 Å². The van der Waals surface area contributed by atoms with Gasteiger partial charge in [-0.25, -0.2) is 4.79 Å². The van der Waals surface area contributed by atoms with Crippen molar-refractivity contribution in [3.05, 3.63) is 68.7 Å². The van der Waals surface area contributed by atoms with E-state index in [4.69, 9.17) is 38.5 Å². The van der Waals surface area contributed by atoms with Crippen molar-refractivity contribution < 1.29 is 24.9 Å². The minimum atomic E-state index is -1.79. The number of hydrogen-bond acceptors (Lipinski definition) is 5. The molecule has 0 fully saturated rings. The predicted octanol–water partition coefficient (Wildman–Crippen LogP) is 4.09. The van der Waals surface area contributed by atoms with Crippen molar-refractivity contribution in [3.8, 4) is 0 Å². The van der Waals surface area contributed by atoms with Crippen LogP contribution in [0.25, 0.3) is 0 Å². The fraction of sp³-hybridized carbons (Fsp3) is 0.462. The number of hydrogen-bond donors (Lipinski definition) is 5. The van der Waals surface area contributed by atoms with Gasteiger partial charge in [0.1, 0.15) is 0 Å². The second-order valence-electron chi connectivity index (χ2n) is 8.85. The average molecular weight is 525 g/mol. The lowest BCUT2D eigenvalue weighted by atomic mass is 9.96. The first-order valence-electron chi connectivity index (χ1n) is 11.7. The Morgan fingerprint density at radius 3 is 1.66 bits per heavy atom. The Bertz CT molecular complexity index is 938. The summed E-state index contributed by atoms with van der Waals surface area (Å²) in [5.41, 5.74) is 5.72. The Morgan fingerprint density at radius 1 is 0.886 bits per heavy atom. The Morgan fingerprint density at radius 2 is 1.31 bits per heavy atom. The summed E-state index contributed by atoms with van der Waals surface area (Å²) in [5, 5.41) is 32.7. The van der Waals surface area contributed by atoms with E-state index < -0.39 is 24.5 Å². The molecule has 0 amide bonds. The molecule has 0 aliphatic carbocycles. The van der Waals surface area contributed by atoms with Crippen LogP contribution in [0.1, 0.15) is 54.4 Å². The van der Waals surface area contributed by atoms with Gasteiger partial charge in [0.25, 0.3) is 0 Å². The van der Waals surface area contributed by atoms with E-state index in [-0.39, 0.29) is 0 Å². The quantitative estimate of drug-likeness (QED) is 0.410. The molecule has 0 saturated heterocycles. The maximum Gasteiger partial charge on any atom is 0.333 e. The van der Waals surface area contributed by atoms with E-state index in [2.05, 4.69) is 48.7 Å². The third kappa shape index (κ3) is 9.78. The number of aliphatic hydroxyl groups is 1. The lowest BCUT2D eigenvalue weighted by Gasteiger charge is -2.11. The van der Waals surface area contributed by atoms with Crippen LogP contribution < -0.4 is 10.6 Å². The van der Waals surface area contributed by atoms with Crippen LogP contribution in [0.2, 0.25) is 10.0 Å². The van der Waals surface area contributed by atoms with Gasteiger partial charge in [-0.3, -0.25) is 4.79 Å². The van der Waals surface area contributed by atoms with Gasteiger partial charge in [-0.05, 0) is 84.3 Å². The van der Waals surface area contributed by atoms with E-state index in [0.717, 1.165) is 49.1 Å². The molecule has 192 valence electrons. The highest BCUT2D eigenvalue weighted by molar-refractivity contribution is 6.31. The molecule has 9 heteroatoms. The summed E-state index contributed by atoms with van der Waals surface area (Å²) in [5.74, 6) is -1.69. The number of carbonyl (C=O) groups is 2. The van der Waals surface area contributed by atoms with Crippen molar-refractivity contribution in [1.29, 1.82) is 0 Å². The summed E-state index contributed by atoms with van der Waals surface area (Å²) < 4.78 is 0. The third-order valence-corrected chi connectivity index (χ3v) is 6.44. The van der Waals surface area contributed by atoms with Crippen LogP contribution >= 0.6 is 23.2 Å². The summed E-state index contributed by atoms with van der Waals surface area (Å²) in [7, 11) is 0. The van der Waals surface area contributed by atoms with Gasteiger partial charge in [0.05, 0.1) is 6.42 Å². The molecular formula is C26H34Cl2N2O5. The lowest BCUT2D eigenvalue weighted by Crippen LogP contribution is -2.22. The van der Waals surface area contributed by atoms with Crippen LogP contribution in [0.4, 0.5) is 0 Å². The van der Waals surface area contributed by atoms with Crippen LogP contribution in [-0.4, -0.2) is 59.5 Å². The molecule has 5 N–H and O–H groups in total. The fourth-order valence-electron chi connectivity index (χ4n) is 4.06. The van der Waals surface area contributed by atoms with E-state index in [1.54, 1.807) is 0 Å². The highest BCUT2D eigenvalue weighted by atomic mass is 35.5. The van der Waals surface area contributed by atoms with E-state index >= 15 is 0 Å². The van der Waals surface area contributed by atoms with Crippen molar-refractivity contribution in [2.24, 2.45) is 0 Å². The molecule has 0 saturated carbocycles. The minimum absolute atomic E-state index is 0.580. The molecule has 2 aliphatic rings. The predicted molar refractivity (Wildman–Crippen MR) is 139 cm³/mol. The highest BCUT2D eigenvalue weighted by Gasteiger charge is 2.16. The molecule has 2 aromatic carbocycles. The van der Waals surface area contributed by atoms with Gasteiger partial charge in [0.15, 0.2) is 6.10 Å². The first kappa shape index (κ1) is 29.1. The van der Waals surface area contributed by atoms with E-state index in [1.165, 1.54) is 22.3 Å². The molecule has 0 spiro atoms. The van der Waals surface area contributed by atoms with Crippen molar-refractivity contribution in [1.82, 2.24) is 10.6 Å². The van der Waals surface area contributed by atoms with Gasteiger partial charge in [0, 0.05) is 23.1 Å². The summed E-state index contributed by atoms with van der Waals surface area (Å²) in [6.07, 6.45) is -0.300. The number of benzene rings is 2. The zero-order valence-corrected chi connectivity index (χ0v) is 21.6. The van der Waals surface area contributed by atoms with Crippen molar-refractivity contribution in [3.63, 3.8) is 0 Å². The zero-order valence-electron chi connectivity index (χ0n) is 20.1. The van der Waals surface area contributed by atoms with Crippen molar-refractivity contribution in [2.75, 3.05) is 26.2 Å². The normalized spacial score (nSPS) is 19.7. The van der Waals surface area contributed by atoms with Gasteiger partial charge in [-0.1, -0.05) is 49.2 Å². The van der Waals surface area contributed by atoms with Crippen LogP contribution in [0, 0.1) is 0 Å². The maximum atomic E-state index is 9.72. The number of halogens is 2. The van der Waals surface area contributed by atoms with E-state index in [1.807, 2.05) is 12.1 Å². The molecule has 3 atom stereocenters. The molecule has 2 heterocycles. The van der Waals surface area contributed by atoms with Crippen LogP contribution in [0.3, 0.4) is 0 Å². The van der Waals surface area contributed by atoms with Gasteiger partial charge in [0.2, 0.25) is 0 Å². The molecule has 2 aromatic rings. The van der Waals surface area contributed by atoms with Crippen molar-refractivity contribution >= 4 is 35.1 Å². The molecular weight excluding hydrogens is 491 g/mol. The third-order valence-electron chi connectivity index (χ3n) is 5.97. The van der Waals surface area contributed by atoms with E-state index in [0.29, 0.717) is 11.8 Å². The molecule has 1 unspecified atom stereocenters. The fourth-order valence-corrected chi connectivity index (χ4v) is 4.42. The summed E-state index contributed by atoms with van der Waals surface area (Å²) in [4.78, 5) is 19.4. The summed E-state index contributed by atoms with van der Waals surface area (Å²) in [6, 6.07) is 12.5. The molecule has 2 aliphatic heterocycles. The smallest absolute Gasteiger partial charge is 0.333 e. The van der Waals surface area contributed by atoms with Gasteiger partial charge < -0.3 is 26.0 Å². The topological polar surface area (TPSA) is 119 Å². The van der Waals surface area contributed by atoms with Gasteiger partial charge in [-0.2, -0.15) is 0 Å². The summed E-state index contributed by atoms with van der Waals surface area (Å²) >= 11 is 11.9. The zero-order chi connectivity index (χ0) is 26.0. The Balaban J connectivity index is 0.000000190. The second kappa shape index (κ2) is 14.4. The lowest BCUT2D eigenvalue weighted by molar-refractivity contribution is -0.152. The number of nitrogens with one attached hydrogen (secondary N) is 2. The Labute approximate surface area is 216 Å². The molecule has 35 heavy (non-hydrogen) atoms. The molecule has 0 aromatic heterocycles. The molecule has 4 rings (SSSR count). The number of aliphatic carboxylic acids is 2. The molecule has 0 radical (unpaired) electrons. The number of carboxylic acids is 2. The standard InChI is InChI=1S/2C11H14ClN.C4H6O5/c2*1-8-7-13-5-4-9-2-3-10(12)6-11(8)9;5-2(4(8)9)1-3(6)7/h2*2-3,6,8,13H,4-5,7H2,1H3;2,5H,1H2,(H,6,7)(H,8,9)/t2*8-;/m00./s1. The highest BCUT2D eigenvalue weighted by Crippen LogP contribution is 2.26. The second-order valence-corrected chi connectivity index (χ2v) is 9.72. The van der Waals surface area contributed by atoms with Crippen molar-refractivity contribution in [2.45, 2.75) is 51.0 Å². The number of aliphatic hydroxyl groups excluding tert-OH is 1. The van der Waals surface area contributed by atoms with Crippen LogP contribution in [0.15, 0.2) is 36.4 Å². The Kier molecular flexibility index (Phi) is 12.0. The van der Waals surface area contributed by atoms with E-state index in [9.17, 15) is 9.59 Å². The van der Waals surface area contributed by atoms with Crippen LogP contribution in [-0.2, 0) is 22.4 Å².